The lowest BCUT2D eigenvalue weighted by molar-refractivity contribution is -0.245. The molecule has 58 heavy (non-hydrogen) atoms. The van der Waals surface area contributed by atoms with Crippen molar-refractivity contribution in [3.8, 4) is 33.7 Å². The lowest BCUT2D eigenvalue weighted by Crippen LogP contribution is -2.31. The van der Waals surface area contributed by atoms with Crippen LogP contribution in [0, 0.1) is 0 Å². The topological polar surface area (TPSA) is 123 Å². The van der Waals surface area contributed by atoms with E-state index in [0.717, 1.165) is 75.2 Å². The van der Waals surface area contributed by atoms with Gasteiger partial charge in [-0.2, -0.15) is 0 Å². The number of ether oxygens (including phenoxy) is 2. The number of rotatable bonds is 17. The summed E-state index contributed by atoms with van der Waals surface area (Å²) in [5.74, 6) is 1.34. The highest BCUT2D eigenvalue weighted by atomic mass is 32.2. The first kappa shape index (κ1) is 40.7. The molecular weight excluding hydrogens is 747 g/mol. The zero-order chi connectivity index (χ0) is 40.1. The molecular formula is C48H49N3O6S. The molecule has 9 nitrogen and oxygen atoms in total. The monoisotopic (exact) mass is 795 g/mol. The largest absolute Gasteiger partial charge is 0.431 e. The number of carbonyl (C=O) groups is 2. The molecule has 1 aromatic heterocycles. The van der Waals surface area contributed by atoms with E-state index in [-0.39, 0.29) is 30.6 Å². The minimum absolute atomic E-state index is 0.0180. The fourth-order valence-corrected chi connectivity index (χ4v) is 7.80. The van der Waals surface area contributed by atoms with E-state index >= 15 is 0 Å². The summed E-state index contributed by atoms with van der Waals surface area (Å²) in [5.41, 5.74) is 8.66. The van der Waals surface area contributed by atoms with Gasteiger partial charge in [-0.3, -0.25) is 9.59 Å². The van der Waals surface area contributed by atoms with Crippen LogP contribution in [0.5, 0.6) is 0 Å². The second kappa shape index (κ2) is 20.3. The molecule has 1 saturated heterocycles. The summed E-state index contributed by atoms with van der Waals surface area (Å²) < 4.78 is 19.7. The molecule has 3 atom stereocenters. The molecule has 0 aliphatic carbocycles. The van der Waals surface area contributed by atoms with Crippen molar-refractivity contribution in [2.75, 3.05) is 12.3 Å². The molecule has 1 aliphatic heterocycles. The van der Waals surface area contributed by atoms with Crippen LogP contribution in [-0.2, 0) is 32.2 Å². The molecule has 6 aromatic rings. The van der Waals surface area contributed by atoms with Crippen molar-refractivity contribution in [2.45, 2.75) is 75.9 Å². The maximum absolute atomic E-state index is 12.5. The van der Waals surface area contributed by atoms with Crippen LogP contribution in [0.1, 0.15) is 73.7 Å². The summed E-state index contributed by atoms with van der Waals surface area (Å²) in [6.07, 6.45) is 2.64. The van der Waals surface area contributed by atoms with Gasteiger partial charge in [0.2, 0.25) is 11.8 Å². The number of unbranched alkanes of at least 4 members (excludes halogenated alkanes) is 2. The molecule has 0 spiro atoms. The van der Waals surface area contributed by atoms with E-state index in [4.69, 9.17) is 18.9 Å². The Hall–Kier alpha value is -5.52. The van der Waals surface area contributed by atoms with Crippen molar-refractivity contribution in [3.05, 3.63) is 156 Å². The molecule has 0 radical (unpaired) electrons. The van der Waals surface area contributed by atoms with Gasteiger partial charge >= 0.3 is 0 Å². The first-order chi connectivity index (χ1) is 28.4. The number of benzene rings is 5. The predicted octanol–water partition coefficient (Wildman–Crippen LogP) is 9.82. The van der Waals surface area contributed by atoms with Crippen LogP contribution in [0.2, 0.25) is 0 Å². The van der Waals surface area contributed by atoms with E-state index in [0.29, 0.717) is 36.9 Å². The highest BCUT2D eigenvalue weighted by molar-refractivity contribution is 7.99. The van der Waals surface area contributed by atoms with Gasteiger partial charge in [0, 0.05) is 55.3 Å². The third kappa shape index (κ3) is 11.1. The highest BCUT2D eigenvalue weighted by Crippen LogP contribution is 2.41. The van der Waals surface area contributed by atoms with Gasteiger partial charge in [-0.1, -0.05) is 146 Å². The van der Waals surface area contributed by atoms with Gasteiger partial charge in [-0.15, -0.1) is 0 Å². The highest BCUT2D eigenvalue weighted by Gasteiger charge is 2.33. The van der Waals surface area contributed by atoms with Gasteiger partial charge in [0.15, 0.2) is 12.1 Å². The van der Waals surface area contributed by atoms with Gasteiger partial charge in [0.05, 0.1) is 18.8 Å². The molecule has 0 bridgehead atoms. The molecule has 7 rings (SSSR count). The number of nitrogens with zero attached hydrogens (tertiary/aromatic N) is 1. The Labute approximate surface area is 344 Å². The van der Waals surface area contributed by atoms with E-state index in [1.807, 2.05) is 109 Å². The number of amides is 2. The lowest BCUT2D eigenvalue weighted by Gasteiger charge is -2.36. The third-order valence-electron chi connectivity index (χ3n) is 10.1. The summed E-state index contributed by atoms with van der Waals surface area (Å²) in [5, 5.41) is 16.1. The van der Waals surface area contributed by atoms with Crippen LogP contribution in [0.4, 0.5) is 0 Å². The Bertz CT molecular complexity index is 2170. The Morgan fingerprint density at radius 3 is 2.16 bits per heavy atom. The van der Waals surface area contributed by atoms with Crippen LogP contribution in [0.25, 0.3) is 33.7 Å². The standard InChI is InChI=1S/C48H49N3O6S/c1-33(53)49-27-10-4-9-18-44(54)50-30-35-12-11-17-41(28-35)36-23-25-40(26-24-36)47-55-42(29-43(56-47)37-21-19-34(31-52)20-22-37)32-58-48-51-45(38-13-5-2-6-14-38)46(57-48)39-15-7-3-8-16-39/h2-3,5-8,11-17,19-26,28,42-43,47,52H,4,9-10,18,27,29-32H2,1H3,(H,49,53)(H,50,54). The predicted molar refractivity (Wildman–Crippen MR) is 227 cm³/mol. The maximum atomic E-state index is 12.5. The van der Waals surface area contributed by atoms with Crippen LogP contribution >= 0.6 is 11.8 Å². The fraction of sp³-hybridized carbons (Fsp3) is 0.271. The molecule has 10 heteroatoms. The average Bonchev–Trinajstić information content (AvgIpc) is 3.71. The number of aromatic nitrogens is 1. The SMILES string of the molecule is CC(=O)NCCCCCC(=O)NCc1cccc(-c2ccc(C3OC(CSc4nc(-c5ccccc5)c(-c5ccccc5)o4)CC(c4ccc(CO)cc4)O3)cc2)c1. The van der Waals surface area contributed by atoms with E-state index in [9.17, 15) is 14.7 Å². The normalized spacial score (nSPS) is 16.5. The smallest absolute Gasteiger partial charge is 0.256 e. The zero-order valence-corrected chi connectivity index (χ0v) is 33.5. The zero-order valence-electron chi connectivity index (χ0n) is 32.6. The van der Waals surface area contributed by atoms with Crippen molar-refractivity contribution < 1.29 is 28.6 Å². The number of hydrogen-bond donors (Lipinski definition) is 3. The van der Waals surface area contributed by atoms with E-state index in [1.54, 1.807) is 0 Å². The van der Waals surface area contributed by atoms with Gasteiger partial charge in [0.25, 0.3) is 5.22 Å². The van der Waals surface area contributed by atoms with Gasteiger partial charge in [0.1, 0.15) is 5.69 Å². The van der Waals surface area contributed by atoms with E-state index in [2.05, 4.69) is 34.9 Å². The number of thioether (sulfide) groups is 1. The number of aliphatic hydroxyl groups excluding tert-OH is 1. The Balaban J connectivity index is 1.02. The molecule has 2 heterocycles. The van der Waals surface area contributed by atoms with E-state index in [1.165, 1.54) is 18.7 Å². The summed E-state index contributed by atoms with van der Waals surface area (Å²) in [4.78, 5) is 28.4. The number of hydrogen-bond acceptors (Lipinski definition) is 8. The van der Waals surface area contributed by atoms with Crippen molar-refractivity contribution in [1.29, 1.82) is 0 Å². The molecule has 3 N–H and O–H groups in total. The van der Waals surface area contributed by atoms with Gasteiger partial charge < -0.3 is 29.6 Å². The van der Waals surface area contributed by atoms with Crippen LogP contribution in [-0.4, -0.2) is 40.3 Å². The van der Waals surface area contributed by atoms with Crippen molar-refractivity contribution >= 4 is 23.6 Å². The maximum Gasteiger partial charge on any atom is 0.256 e. The molecule has 1 aliphatic rings. The lowest BCUT2D eigenvalue weighted by atomic mass is 9.99. The molecule has 0 saturated carbocycles. The summed E-state index contributed by atoms with van der Waals surface area (Å²) >= 11 is 1.54. The Kier molecular flexibility index (Phi) is 14.2. The molecule has 2 amide bonds. The second-order valence-corrected chi connectivity index (χ2v) is 15.4. The molecule has 5 aromatic carbocycles. The summed E-state index contributed by atoms with van der Waals surface area (Å²) in [6, 6.07) is 44.5. The molecule has 298 valence electrons. The second-order valence-electron chi connectivity index (χ2n) is 14.4. The van der Waals surface area contributed by atoms with E-state index < -0.39 is 6.29 Å². The first-order valence-corrected chi connectivity index (χ1v) is 20.9. The number of aliphatic hydroxyl groups is 1. The number of oxazole rings is 1. The molecule has 3 unspecified atom stereocenters. The van der Waals surface area contributed by atoms with Gasteiger partial charge in [-0.25, -0.2) is 4.98 Å². The minimum atomic E-state index is -0.604. The Morgan fingerprint density at radius 2 is 1.43 bits per heavy atom. The Morgan fingerprint density at radius 1 is 0.724 bits per heavy atom. The summed E-state index contributed by atoms with van der Waals surface area (Å²) in [6.45, 7) is 2.59. The van der Waals surface area contributed by atoms with Crippen LogP contribution in [0.15, 0.2) is 143 Å². The number of nitrogens with one attached hydrogen (secondary N) is 2. The van der Waals surface area contributed by atoms with Crippen molar-refractivity contribution in [1.82, 2.24) is 15.6 Å². The van der Waals surface area contributed by atoms with Crippen LogP contribution < -0.4 is 10.6 Å². The van der Waals surface area contributed by atoms with Crippen LogP contribution in [0.3, 0.4) is 0 Å². The summed E-state index contributed by atoms with van der Waals surface area (Å²) in [7, 11) is 0. The average molecular weight is 796 g/mol. The minimum Gasteiger partial charge on any atom is -0.431 e. The quantitative estimate of drug-likeness (QED) is 0.0616. The van der Waals surface area contributed by atoms with Crippen molar-refractivity contribution in [2.24, 2.45) is 0 Å². The number of carbonyl (C=O) groups excluding carboxylic acids is 2. The van der Waals surface area contributed by atoms with Crippen molar-refractivity contribution in [3.63, 3.8) is 0 Å². The first-order valence-electron chi connectivity index (χ1n) is 19.9. The fourth-order valence-electron chi connectivity index (χ4n) is 6.96. The molecule has 1 fully saturated rings. The third-order valence-corrected chi connectivity index (χ3v) is 11.0. The van der Waals surface area contributed by atoms with Gasteiger partial charge in [-0.05, 0) is 46.7 Å².